The van der Waals surface area contributed by atoms with Crippen LogP contribution in [0.1, 0.15) is 48.6 Å². The fourth-order valence-electron chi connectivity index (χ4n) is 3.02. The maximum atomic E-state index is 11.4. The molecule has 0 spiro atoms. The summed E-state index contributed by atoms with van der Waals surface area (Å²) in [7, 11) is 1.38. The molecule has 0 aliphatic heterocycles. The molecular formula is C21H30N4O3. The van der Waals surface area contributed by atoms with Crippen molar-refractivity contribution in [3.8, 4) is 0 Å². The van der Waals surface area contributed by atoms with Crippen LogP contribution in [0.15, 0.2) is 24.3 Å². The summed E-state index contributed by atoms with van der Waals surface area (Å²) < 4.78 is 4.70. The Morgan fingerprint density at radius 1 is 1.25 bits per heavy atom. The molecule has 28 heavy (non-hydrogen) atoms. The highest BCUT2D eigenvalue weighted by Crippen LogP contribution is 2.23. The molecule has 0 saturated heterocycles. The Balaban J connectivity index is 2.21. The number of hydrogen-bond acceptors (Lipinski definition) is 7. The van der Waals surface area contributed by atoms with Crippen molar-refractivity contribution in [2.24, 2.45) is 0 Å². The number of carbonyl (C=O) groups is 1. The van der Waals surface area contributed by atoms with E-state index in [4.69, 9.17) is 10.5 Å². The van der Waals surface area contributed by atoms with Crippen LogP contribution in [-0.2, 0) is 22.4 Å². The summed E-state index contributed by atoms with van der Waals surface area (Å²) >= 11 is 0. The Hall–Kier alpha value is -2.67. The molecule has 0 fully saturated rings. The van der Waals surface area contributed by atoms with Crippen LogP contribution in [0.3, 0.4) is 0 Å². The van der Waals surface area contributed by atoms with Crippen molar-refractivity contribution in [3.63, 3.8) is 0 Å². The molecule has 1 aromatic heterocycles. The van der Waals surface area contributed by atoms with Crippen molar-refractivity contribution in [3.05, 3.63) is 46.6 Å². The van der Waals surface area contributed by atoms with E-state index in [0.717, 1.165) is 41.6 Å². The number of benzene rings is 1. The third-order valence-electron chi connectivity index (χ3n) is 4.68. The Labute approximate surface area is 166 Å². The maximum absolute atomic E-state index is 11.4. The highest BCUT2D eigenvalue weighted by Gasteiger charge is 2.15. The minimum absolute atomic E-state index is 0.0324. The second kappa shape index (κ2) is 10.6. The standard InChI is InChI=1S/C21H30N4O3/c1-4-5-6-17(13-26)24-20-18(14(2)23-21(22)25-20)11-15-7-9-16(10-8-15)12-19(27)28-3/h7-10,17,26H,4-6,11-13H2,1-3H3,(H3,22,23,24,25). The molecular weight excluding hydrogens is 356 g/mol. The van der Waals surface area contributed by atoms with Gasteiger partial charge in [-0.25, -0.2) is 4.98 Å². The van der Waals surface area contributed by atoms with Gasteiger partial charge in [-0.1, -0.05) is 44.0 Å². The first kappa shape index (κ1) is 21.6. The van der Waals surface area contributed by atoms with Gasteiger partial charge < -0.3 is 20.9 Å². The van der Waals surface area contributed by atoms with Gasteiger partial charge in [-0.3, -0.25) is 4.79 Å². The zero-order chi connectivity index (χ0) is 20.5. The molecule has 0 saturated carbocycles. The molecule has 1 atom stereocenters. The van der Waals surface area contributed by atoms with Crippen LogP contribution in [0.25, 0.3) is 0 Å². The topological polar surface area (TPSA) is 110 Å². The van der Waals surface area contributed by atoms with E-state index in [2.05, 4.69) is 22.2 Å². The summed E-state index contributed by atoms with van der Waals surface area (Å²) in [6, 6.07) is 7.74. The zero-order valence-electron chi connectivity index (χ0n) is 16.9. The van der Waals surface area contributed by atoms with E-state index in [1.807, 2.05) is 31.2 Å². The van der Waals surface area contributed by atoms with Crippen LogP contribution in [0, 0.1) is 6.92 Å². The van der Waals surface area contributed by atoms with Crippen LogP contribution >= 0.6 is 0 Å². The first-order valence-electron chi connectivity index (χ1n) is 9.61. The molecule has 2 aromatic rings. The Bertz CT molecular complexity index is 778. The second-order valence-corrected chi connectivity index (χ2v) is 6.91. The lowest BCUT2D eigenvalue weighted by molar-refractivity contribution is -0.139. The number of rotatable bonds is 10. The molecule has 0 radical (unpaired) electrons. The van der Waals surface area contributed by atoms with Gasteiger partial charge in [-0.05, 0) is 24.5 Å². The predicted molar refractivity (Wildman–Crippen MR) is 110 cm³/mol. The third kappa shape index (κ3) is 6.20. The van der Waals surface area contributed by atoms with Crippen LogP contribution in [-0.4, -0.2) is 40.8 Å². The molecule has 152 valence electrons. The number of anilines is 2. The molecule has 1 heterocycles. The lowest BCUT2D eigenvalue weighted by Gasteiger charge is -2.20. The molecule has 1 unspecified atom stereocenters. The maximum Gasteiger partial charge on any atom is 0.309 e. The minimum atomic E-state index is -0.260. The second-order valence-electron chi connectivity index (χ2n) is 6.91. The molecule has 0 bridgehead atoms. The van der Waals surface area contributed by atoms with E-state index in [0.29, 0.717) is 12.2 Å². The van der Waals surface area contributed by atoms with Gasteiger partial charge in [0, 0.05) is 17.7 Å². The fraction of sp³-hybridized carbons (Fsp3) is 0.476. The van der Waals surface area contributed by atoms with Gasteiger partial charge in [0.15, 0.2) is 0 Å². The summed E-state index contributed by atoms with van der Waals surface area (Å²) in [5, 5.41) is 13.0. The number of ether oxygens (including phenoxy) is 1. The number of aliphatic hydroxyl groups excluding tert-OH is 1. The SMILES string of the molecule is CCCCC(CO)Nc1nc(N)nc(C)c1Cc1ccc(CC(=O)OC)cc1. The van der Waals surface area contributed by atoms with Gasteiger partial charge in [-0.2, -0.15) is 4.98 Å². The van der Waals surface area contributed by atoms with Gasteiger partial charge in [-0.15, -0.1) is 0 Å². The summed E-state index contributed by atoms with van der Waals surface area (Å²) in [6.07, 6.45) is 3.82. The zero-order valence-corrected chi connectivity index (χ0v) is 16.9. The van der Waals surface area contributed by atoms with Gasteiger partial charge in [0.1, 0.15) is 5.82 Å². The number of unbranched alkanes of at least 4 members (excludes halogenated alkanes) is 1. The average Bonchev–Trinajstić information content (AvgIpc) is 2.68. The number of nitrogens with two attached hydrogens (primary N) is 1. The van der Waals surface area contributed by atoms with Crippen LogP contribution in [0.5, 0.6) is 0 Å². The summed E-state index contributed by atoms with van der Waals surface area (Å²) in [5.74, 6) is 0.618. The predicted octanol–water partition coefficient (Wildman–Crippen LogP) is 2.64. The van der Waals surface area contributed by atoms with E-state index in [9.17, 15) is 9.90 Å². The highest BCUT2D eigenvalue weighted by molar-refractivity contribution is 5.72. The number of methoxy groups -OCH3 is 1. The number of carbonyl (C=O) groups excluding carboxylic acids is 1. The van der Waals surface area contributed by atoms with Crippen molar-refractivity contribution < 1.29 is 14.6 Å². The number of aryl methyl sites for hydroxylation is 1. The van der Waals surface area contributed by atoms with Crippen molar-refractivity contribution in [1.29, 1.82) is 0 Å². The minimum Gasteiger partial charge on any atom is -0.469 e. The number of nitrogen functional groups attached to an aromatic ring is 1. The Morgan fingerprint density at radius 2 is 1.93 bits per heavy atom. The molecule has 2 rings (SSSR count). The number of aromatic nitrogens is 2. The first-order valence-corrected chi connectivity index (χ1v) is 9.61. The number of hydrogen-bond donors (Lipinski definition) is 3. The van der Waals surface area contributed by atoms with Gasteiger partial charge in [0.05, 0.1) is 26.2 Å². The molecule has 0 amide bonds. The van der Waals surface area contributed by atoms with Gasteiger partial charge in [0.25, 0.3) is 0 Å². The molecule has 7 heteroatoms. The molecule has 0 aliphatic rings. The normalized spacial score (nSPS) is 11.9. The number of nitrogens with zero attached hydrogens (tertiary/aromatic N) is 2. The Kier molecular flexibility index (Phi) is 8.19. The van der Waals surface area contributed by atoms with E-state index in [-0.39, 0.29) is 31.0 Å². The van der Waals surface area contributed by atoms with Crippen LogP contribution in [0.2, 0.25) is 0 Å². The fourth-order valence-corrected chi connectivity index (χ4v) is 3.02. The lowest BCUT2D eigenvalue weighted by atomic mass is 10.0. The van der Waals surface area contributed by atoms with E-state index in [1.54, 1.807) is 0 Å². The smallest absolute Gasteiger partial charge is 0.309 e. The average molecular weight is 386 g/mol. The molecule has 4 N–H and O–H groups in total. The molecule has 7 nitrogen and oxygen atoms in total. The van der Waals surface area contributed by atoms with Crippen LogP contribution in [0.4, 0.5) is 11.8 Å². The van der Waals surface area contributed by atoms with Crippen molar-refractivity contribution >= 4 is 17.7 Å². The van der Waals surface area contributed by atoms with Gasteiger partial charge in [0.2, 0.25) is 5.95 Å². The first-order chi connectivity index (χ1) is 13.5. The number of esters is 1. The summed E-state index contributed by atoms with van der Waals surface area (Å²) in [4.78, 5) is 20.1. The third-order valence-corrected chi connectivity index (χ3v) is 4.68. The van der Waals surface area contributed by atoms with Crippen molar-refractivity contribution in [2.75, 3.05) is 24.8 Å². The van der Waals surface area contributed by atoms with Crippen LogP contribution < -0.4 is 11.1 Å². The number of aliphatic hydroxyl groups is 1. The Morgan fingerprint density at radius 3 is 2.54 bits per heavy atom. The quantitative estimate of drug-likeness (QED) is 0.538. The van der Waals surface area contributed by atoms with E-state index < -0.39 is 0 Å². The number of nitrogens with one attached hydrogen (secondary N) is 1. The monoisotopic (exact) mass is 386 g/mol. The van der Waals surface area contributed by atoms with Crippen molar-refractivity contribution in [1.82, 2.24) is 9.97 Å². The highest BCUT2D eigenvalue weighted by atomic mass is 16.5. The lowest BCUT2D eigenvalue weighted by Crippen LogP contribution is -2.25. The van der Waals surface area contributed by atoms with E-state index in [1.165, 1.54) is 7.11 Å². The van der Waals surface area contributed by atoms with Gasteiger partial charge >= 0.3 is 5.97 Å². The molecule has 1 aromatic carbocycles. The van der Waals surface area contributed by atoms with E-state index >= 15 is 0 Å². The summed E-state index contributed by atoms with van der Waals surface area (Å²) in [6.45, 7) is 4.06. The summed E-state index contributed by atoms with van der Waals surface area (Å²) in [5.41, 5.74) is 9.58. The van der Waals surface area contributed by atoms with Crippen molar-refractivity contribution in [2.45, 2.75) is 52.0 Å². The largest absolute Gasteiger partial charge is 0.469 e. The molecule has 0 aliphatic carbocycles.